The monoisotopic (exact) mass is 220 g/mol. The van der Waals surface area contributed by atoms with Gasteiger partial charge >= 0.3 is 0 Å². The van der Waals surface area contributed by atoms with Crippen molar-refractivity contribution in [2.24, 2.45) is 0 Å². The lowest BCUT2D eigenvalue weighted by molar-refractivity contribution is -0.112. The third kappa shape index (κ3) is 5.44. The van der Waals surface area contributed by atoms with Crippen LogP contribution in [-0.4, -0.2) is 12.1 Å². The van der Waals surface area contributed by atoms with Crippen molar-refractivity contribution in [2.45, 2.75) is 41.0 Å². The summed E-state index contributed by atoms with van der Waals surface area (Å²) in [6.45, 7) is 9.48. The maximum absolute atomic E-state index is 11.7. The topological polar surface area (TPSA) is 34.1 Å². The summed E-state index contributed by atoms with van der Waals surface area (Å²) in [5.41, 5.74) is 3.34. The number of carbonyl (C=O) groups is 2. The summed E-state index contributed by atoms with van der Waals surface area (Å²) in [6, 6.07) is 0. The van der Waals surface area contributed by atoms with Gasteiger partial charge in [0.25, 0.3) is 0 Å². The molecule has 0 aromatic carbocycles. The minimum Gasteiger partial charge on any atom is -0.298 e. The fraction of sp³-hybridized carbons (Fsp3) is 0.429. The van der Waals surface area contributed by atoms with Crippen molar-refractivity contribution in [1.29, 1.82) is 0 Å². The molecule has 0 radical (unpaired) electrons. The molecule has 0 spiro atoms. The van der Waals surface area contributed by atoms with E-state index in [0.29, 0.717) is 17.6 Å². The number of carbonyl (C=O) groups excluding carboxylic acids is 2. The van der Waals surface area contributed by atoms with E-state index < -0.39 is 0 Å². The van der Waals surface area contributed by atoms with Crippen LogP contribution in [0.3, 0.4) is 0 Å². The van der Waals surface area contributed by atoms with Crippen LogP contribution in [0.4, 0.5) is 0 Å². The zero-order chi connectivity index (χ0) is 12.7. The first-order valence-electron chi connectivity index (χ1n) is 5.36. The van der Waals surface area contributed by atoms with Crippen LogP contribution in [0.5, 0.6) is 0 Å². The van der Waals surface area contributed by atoms with Crippen molar-refractivity contribution >= 4 is 12.1 Å². The molecule has 0 saturated heterocycles. The van der Waals surface area contributed by atoms with E-state index in [0.717, 1.165) is 17.4 Å². The lowest BCUT2D eigenvalue weighted by Crippen LogP contribution is -1.99. The Morgan fingerprint density at radius 3 is 2.00 bits per heavy atom. The maximum Gasteiger partial charge on any atom is 0.181 e. The molecule has 0 fully saturated rings. The zero-order valence-corrected chi connectivity index (χ0v) is 10.8. The van der Waals surface area contributed by atoms with Crippen LogP contribution in [0, 0.1) is 0 Å². The first-order valence-corrected chi connectivity index (χ1v) is 5.36. The molecule has 0 heterocycles. The Balaban J connectivity index is 4.85. The van der Waals surface area contributed by atoms with Gasteiger partial charge < -0.3 is 0 Å². The van der Waals surface area contributed by atoms with E-state index in [-0.39, 0.29) is 5.78 Å². The molecule has 88 valence electrons. The first kappa shape index (κ1) is 14.6. The Morgan fingerprint density at radius 2 is 1.62 bits per heavy atom. The molecule has 2 heteroatoms. The molecule has 0 aromatic heterocycles. The van der Waals surface area contributed by atoms with E-state index in [1.807, 2.05) is 33.8 Å². The Bertz CT molecular complexity index is 360. The van der Waals surface area contributed by atoms with Gasteiger partial charge in [-0.25, -0.2) is 0 Å². The average molecular weight is 220 g/mol. The summed E-state index contributed by atoms with van der Waals surface area (Å²) in [5.74, 6) is -0.0794. The van der Waals surface area contributed by atoms with Crippen LogP contribution in [0.25, 0.3) is 0 Å². The fourth-order valence-electron chi connectivity index (χ4n) is 0.986. The summed E-state index contributed by atoms with van der Waals surface area (Å²) in [5, 5.41) is 0. The quantitative estimate of drug-likeness (QED) is 0.404. The standard InChI is InChI=1S/C14H20O2/c1-10(2)6-7-13(9-15)8-14(16)12(5)11(3)4/h6,8-9H,7H2,1-5H3/b13-8-. The van der Waals surface area contributed by atoms with Crippen LogP contribution in [-0.2, 0) is 9.59 Å². The fourth-order valence-corrected chi connectivity index (χ4v) is 0.986. The minimum absolute atomic E-state index is 0.0794. The summed E-state index contributed by atoms with van der Waals surface area (Å²) in [7, 11) is 0. The molecule has 0 saturated carbocycles. The van der Waals surface area contributed by atoms with E-state index in [1.54, 1.807) is 6.92 Å². The van der Waals surface area contributed by atoms with E-state index in [9.17, 15) is 9.59 Å². The predicted octanol–water partition coefficient (Wildman–Crippen LogP) is 3.39. The Kier molecular flexibility index (Phi) is 6.31. The molecule has 0 rings (SSSR count). The predicted molar refractivity (Wildman–Crippen MR) is 67.3 cm³/mol. The third-order valence-electron chi connectivity index (χ3n) is 2.33. The Hall–Kier alpha value is -1.44. The van der Waals surface area contributed by atoms with Gasteiger partial charge in [-0.05, 0) is 58.3 Å². The molecule has 0 amide bonds. The van der Waals surface area contributed by atoms with Crippen LogP contribution in [0.15, 0.2) is 34.4 Å². The molecule has 0 aromatic rings. The smallest absolute Gasteiger partial charge is 0.181 e. The van der Waals surface area contributed by atoms with Gasteiger partial charge in [0.2, 0.25) is 0 Å². The zero-order valence-electron chi connectivity index (χ0n) is 10.8. The van der Waals surface area contributed by atoms with Gasteiger partial charge in [0, 0.05) is 0 Å². The molecule has 0 N–H and O–H groups in total. The number of rotatable bonds is 5. The summed E-state index contributed by atoms with van der Waals surface area (Å²) in [4.78, 5) is 22.5. The van der Waals surface area contributed by atoms with Crippen molar-refractivity contribution in [2.75, 3.05) is 0 Å². The van der Waals surface area contributed by atoms with E-state index in [1.165, 1.54) is 6.08 Å². The second kappa shape index (κ2) is 6.94. The van der Waals surface area contributed by atoms with Gasteiger partial charge in [0.05, 0.1) is 0 Å². The molecule has 0 unspecified atom stereocenters. The van der Waals surface area contributed by atoms with Crippen molar-refractivity contribution < 1.29 is 9.59 Å². The summed E-state index contributed by atoms with van der Waals surface area (Å²) < 4.78 is 0. The molecule has 0 aliphatic carbocycles. The number of hydrogen-bond acceptors (Lipinski definition) is 2. The van der Waals surface area contributed by atoms with Gasteiger partial charge in [-0.2, -0.15) is 0 Å². The Morgan fingerprint density at radius 1 is 1.06 bits per heavy atom. The van der Waals surface area contributed by atoms with Crippen molar-refractivity contribution in [3.63, 3.8) is 0 Å². The molecule has 0 bridgehead atoms. The molecule has 16 heavy (non-hydrogen) atoms. The second-order valence-corrected chi connectivity index (χ2v) is 4.31. The number of ketones is 1. The van der Waals surface area contributed by atoms with E-state index >= 15 is 0 Å². The number of hydrogen-bond donors (Lipinski definition) is 0. The molecular formula is C14H20O2. The van der Waals surface area contributed by atoms with Gasteiger partial charge in [-0.3, -0.25) is 9.59 Å². The minimum atomic E-state index is -0.0794. The first-order chi connectivity index (χ1) is 7.38. The van der Waals surface area contributed by atoms with Crippen LogP contribution in [0.1, 0.15) is 41.0 Å². The maximum atomic E-state index is 11.7. The van der Waals surface area contributed by atoms with Crippen molar-refractivity contribution in [3.05, 3.63) is 34.4 Å². The molecule has 2 nitrogen and oxygen atoms in total. The van der Waals surface area contributed by atoms with Crippen molar-refractivity contribution in [3.8, 4) is 0 Å². The number of allylic oxidation sites excluding steroid dienone is 6. The van der Waals surface area contributed by atoms with Crippen LogP contribution in [0.2, 0.25) is 0 Å². The highest BCUT2D eigenvalue weighted by molar-refractivity contribution is 6.06. The highest BCUT2D eigenvalue weighted by atomic mass is 16.1. The second-order valence-electron chi connectivity index (χ2n) is 4.31. The average Bonchev–Trinajstić information content (AvgIpc) is 2.22. The highest BCUT2D eigenvalue weighted by Crippen LogP contribution is 2.08. The lowest BCUT2D eigenvalue weighted by Gasteiger charge is -2.00. The molecular weight excluding hydrogens is 200 g/mol. The third-order valence-corrected chi connectivity index (χ3v) is 2.33. The number of aldehydes is 1. The van der Waals surface area contributed by atoms with Gasteiger partial charge in [-0.15, -0.1) is 0 Å². The summed E-state index contributed by atoms with van der Waals surface area (Å²) >= 11 is 0. The molecule has 0 atom stereocenters. The Labute approximate surface area is 97.7 Å². The highest BCUT2D eigenvalue weighted by Gasteiger charge is 2.04. The largest absolute Gasteiger partial charge is 0.298 e. The van der Waals surface area contributed by atoms with Crippen LogP contribution < -0.4 is 0 Å². The summed E-state index contributed by atoms with van der Waals surface area (Å²) in [6.07, 6.45) is 4.63. The van der Waals surface area contributed by atoms with Crippen LogP contribution >= 0.6 is 0 Å². The van der Waals surface area contributed by atoms with E-state index in [2.05, 4.69) is 0 Å². The lowest BCUT2D eigenvalue weighted by atomic mass is 10.0. The van der Waals surface area contributed by atoms with E-state index in [4.69, 9.17) is 0 Å². The molecule has 0 aliphatic heterocycles. The van der Waals surface area contributed by atoms with Gasteiger partial charge in [-0.1, -0.05) is 17.2 Å². The van der Waals surface area contributed by atoms with Gasteiger partial charge in [0.1, 0.15) is 6.29 Å². The van der Waals surface area contributed by atoms with Crippen molar-refractivity contribution in [1.82, 2.24) is 0 Å². The SMILES string of the molecule is CC(C)=CC/C(C=O)=C/C(=O)C(C)=C(C)C. The normalized spacial score (nSPS) is 10.7. The molecule has 0 aliphatic rings. The van der Waals surface area contributed by atoms with Gasteiger partial charge in [0.15, 0.2) is 5.78 Å².